The van der Waals surface area contributed by atoms with Crippen LogP contribution in [-0.4, -0.2) is 38.2 Å². The highest BCUT2D eigenvalue weighted by Crippen LogP contribution is 2.25. The van der Waals surface area contributed by atoms with Crippen molar-refractivity contribution in [2.45, 2.75) is 52.7 Å². The van der Waals surface area contributed by atoms with Gasteiger partial charge >= 0.3 is 7.12 Å². The van der Waals surface area contributed by atoms with Crippen molar-refractivity contribution in [2.24, 2.45) is 7.05 Å². The van der Waals surface area contributed by atoms with E-state index < -0.39 is 18.3 Å². The van der Waals surface area contributed by atoms with E-state index in [1.165, 1.54) is 0 Å². The lowest BCUT2D eigenvalue weighted by Gasteiger charge is -2.38. The molecule has 0 unspecified atom stereocenters. The Labute approximate surface area is 109 Å². The van der Waals surface area contributed by atoms with Gasteiger partial charge in [0.2, 0.25) is 0 Å². The Bertz CT molecular complexity index is 435. The van der Waals surface area contributed by atoms with Crippen LogP contribution in [-0.2, 0) is 11.7 Å². The molecular weight excluding hydrogens is 231 g/mol. The van der Waals surface area contributed by atoms with Gasteiger partial charge in [0.15, 0.2) is 0 Å². The van der Waals surface area contributed by atoms with Gasteiger partial charge in [0.25, 0.3) is 0 Å². The topological polar surface area (TPSA) is 67.5 Å². The van der Waals surface area contributed by atoms with Crippen LogP contribution in [0.4, 0.5) is 0 Å². The molecule has 0 amide bonds. The molecule has 2 N–H and O–H groups in total. The molecule has 0 atom stereocenters. The molecule has 0 aliphatic heterocycles. The molecule has 6 heteroatoms. The molecule has 0 bridgehead atoms. The van der Waals surface area contributed by atoms with Gasteiger partial charge in [-0.05, 0) is 41.5 Å². The van der Waals surface area contributed by atoms with Crippen LogP contribution < -0.4 is 5.46 Å². The van der Waals surface area contributed by atoms with Gasteiger partial charge in [-0.25, -0.2) is 0 Å². The number of rotatable bonds is 4. The second kappa shape index (κ2) is 4.68. The average molecular weight is 254 g/mol. The van der Waals surface area contributed by atoms with Gasteiger partial charge in [-0.15, -0.1) is 0 Å². The Hall–Kier alpha value is -0.845. The van der Waals surface area contributed by atoms with Crippen molar-refractivity contribution in [2.75, 3.05) is 0 Å². The first-order chi connectivity index (χ1) is 7.97. The number of nitrogens with zero attached hydrogens (tertiary/aromatic N) is 2. The van der Waals surface area contributed by atoms with E-state index in [0.717, 1.165) is 11.4 Å². The van der Waals surface area contributed by atoms with Crippen molar-refractivity contribution >= 4 is 12.6 Å². The van der Waals surface area contributed by atoms with Gasteiger partial charge < -0.3 is 14.8 Å². The van der Waals surface area contributed by atoms with Gasteiger partial charge in [0, 0.05) is 18.2 Å². The molecule has 1 heterocycles. The monoisotopic (exact) mass is 254 g/mol. The summed E-state index contributed by atoms with van der Waals surface area (Å²) >= 11 is 0. The summed E-state index contributed by atoms with van der Waals surface area (Å²) in [6.45, 7) is 10.5. The van der Waals surface area contributed by atoms with Crippen LogP contribution in [0.1, 0.15) is 39.1 Å². The summed E-state index contributed by atoms with van der Waals surface area (Å²) < 4.78 is 7.32. The minimum atomic E-state index is -1.10. The molecule has 0 aliphatic carbocycles. The Morgan fingerprint density at radius 2 is 1.72 bits per heavy atom. The summed E-state index contributed by atoms with van der Waals surface area (Å²) in [6.07, 6.45) is 0. The van der Waals surface area contributed by atoms with Crippen LogP contribution in [0.5, 0.6) is 0 Å². The van der Waals surface area contributed by atoms with E-state index in [4.69, 9.17) is 4.65 Å². The number of aryl methyl sites for hydroxylation is 2. The third-order valence-corrected chi connectivity index (χ3v) is 3.69. The van der Waals surface area contributed by atoms with Crippen LogP contribution in [0.3, 0.4) is 0 Å². The van der Waals surface area contributed by atoms with E-state index >= 15 is 0 Å². The lowest BCUT2D eigenvalue weighted by Crippen LogP contribution is -2.53. The highest BCUT2D eigenvalue weighted by atomic mass is 16.5. The van der Waals surface area contributed by atoms with Crippen molar-refractivity contribution in [3.8, 4) is 0 Å². The fourth-order valence-electron chi connectivity index (χ4n) is 1.63. The quantitative estimate of drug-likeness (QED) is 0.758. The van der Waals surface area contributed by atoms with Gasteiger partial charge in [-0.2, -0.15) is 5.10 Å². The standard InChI is InChI=1S/C12H23BN2O3/c1-8-10(9(2)15(7)14-8)13(17)18-12(5,6)11(3,4)16/h16-17H,1-7H3. The predicted molar refractivity (Wildman–Crippen MR) is 71.8 cm³/mol. The fraction of sp³-hybridized carbons (Fsp3) is 0.750. The molecule has 0 radical (unpaired) electrons. The zero-order valence-corrected chi connectivity index (χ0v) is 12.3. The highest BCUT2D eigenvalue weighted by Gasteiger charge is 2.40. The number of aliphatic hydroxyl groups is 1. The lowest BCUT2D eigenvalue weighted by molar-refractivity contribution is -0.0982. The van der Waals surface area contributed by atoms with Gasteiger partial charge in [-0.1, -0.05) is 0 Å². The van der Waals surface area contributed by atoms with Crippen molar-refractivity contribution in [3.05, 3.63) is 11.4 Å². The van der Waals surface area contributed by atoms with Gasteiger partial charge in [0.05, 0.1) is 16.9 Å². The Morgan fingerprint density at radius 1 is 1.22 bits per heavy atom. The van der Waals surface area contributed by atoms with E-state index in [1.807, 2.05) is 20.9 Å². The summed E-state index contributed by atoms with van der Waals surface area (Å²) in [4.78, 5) is 0. The molecule has 1 aromatic rings. The Kier molecular flexibility index (Phi) is 3.96. The molecule has 0 spiro atoms. The van der Waals surface area contributed by atoms with E-state index in [-0.39, 0.29) is 0 Å². The summed E-state index contributed by atoms with van der Waals surface area (Å²) in [5, 5.41) is 24.5. The molecule has 0 saturated heterocycles. The second-order valence-corrected chi connectivity index (χ2v) is 5.75. The SMILES string of the molecule is Cc1nn(C)c(C)c1B(O)OC(C)(C)C(C)(C)O. The predicted octanol–water partition coefficient (Wildman–Crippen LogP) is 0.291. The zero-order chi connectivity index (χ0) is 14.3. The molecule has 1 aromatic heterocycles. The molecule has 1 rings (SSSR count). The van der Waals surface area contributed by atoms with Gasteiger partial charge in [-0.3, -0.25) is 4.68 Å². The molecular formula is C12H23BN2O3. The van der Waals surface area contributed by atoms with E-state index in [9.17, 15) is 10.1 Å². The maximum atomic E-state index is 10.2. The highest BCUT2D eigenvalue weighted by molar-refractivity contribution is 6.61. The van der Waals surface area contributed by atoms with E-state index in [0.29, 0.717) is 5.46 Å². The summed E-state index contributed by atoms with van der Waals surface area (Å²) in [5.74, 6) is 0. The van der Waals surface area contributed by atoms with Gasteiger partial charge in [0.1, 0.15) is 0 Å². The fourth-order valence-corrected chi connectivity index (χ4v) is 1.63. The minimum absolute atomic E-state index is 0.662. The molecule has 0 saturated carbocycles. The maximum absolute atomic E-state index is 10.2. The molecule has 0 aliphatic rings. The van der Waals surface area contributed by atoms with Crippen LogP contribution in [0.15, 0.2) is 0 Å². The normalized spacial score (nSPS) is 12.9. The van der Waals surface area contributed by atoms with Crippen LogP contribution in [0.25, 0.3) is 0 Å². The smallest absolute Gasteiger partial charge is 0.423 e. The first kappa shape index (κ1) is 15.2. The van der Waals surface area contributed by atoms with Crippen molar-refractivity contribution in [3.63, 3.8) is 0 Å². The maximum Gasteiger partial charge on any atom is 0.495 e. The molecule has 0 aromatic carbocycles. The number of aromatic nitrogens is 2. The minimum Gasteiger partial charge on any atom is -0.423 e. The zero-order valence-electron chi connectivity index (χ0n) is 12.3. The number of hydrogen-bond acceptors (Lipinski definition) is 4. The first-order valence-corrected chi connectivity index (χ1v) is 6.05. The first-order valence-electron chi connectivity index (χ1n) is 6.05. The summed E-state index contributed by atoms with van der Waals surface area (Å²) in [5.41, 5.74) is 0.314. The molecule has 5 nitrogen and oxygen atoms in total. The molecule has 0 fully saturated rings. The van der Waals surface area contributed by atoms with Crippen LogP contribution >= 0.6 is 0 Å². The van der Waals surface area contributed by atoms with Crippen molar-refractivity contribution in [1.82, 2.24) is 9.78 Å². The average Bonchev–Trinajstić information content (AvgIpc) is 2.38. The van der Waals surface area contributed by atoms with Crippen LogP contribution in [0, 0.1) is 13.8 Å². The van der Waals surface area contributed by atoms with Crippen molar-refractivity contribution < 1.29 is 14.8 Å². The Balaban J connectivity index is 2.99. The van der Waals surface area contributed by atoms with E-state index in [1.54, 1.807) is 32.4 Å². The van der Waals surface area contributed by atoms with Crippen LogP contribution in [0.2, 0.25) is 0 Å². The third kappa shape index (κ3) is 2.76. The lowest BCUT2D eigenvalue weighted by atomic mass is 9.75. The van der Waals surface area contributed by atoms with Crippen molar-refractivity contribution in [1.29, 1.82) is 0 Å². The largest absolute Gasteiger partial charge is 0.495 e. The Morgan fingerprint density at radius 3 is 2.06 bits per heavy atom. The number of hydrogen-bond donors (Lipinski definition) is 2. The molecule has 102 valence electrons. The van der Waals surface area contributed by atoms with E-state index in [2.05, 4.69) is 5.10 Å². The second-order valence-electron chi connectivity index (χ2n) is 5.75. The summed E-state index contributed by atoms with van der Waals surface area (Å²) in [7, 11) is 0.722. The summed E-state index contributed by atoms with van der Waals surface area (Å²) in [6, 6.07) is 0. The third-order valence-electron chi connectivity index (χ3n) is 3.69. The molecule has 18 heavy (non-hydrogen) atoms.